The highest BCUT2D eigenvalue weighted by Gasteiger charge is 2.06. The van der Waals surface area contributed by atoms with Gasteiger partial charge in [-0.15, -0.1) is 11.8 Å². The lowest BCUT2D eigenvalue weighted by Gasteiger charge is -2.08. The number of rotatable bonds is 8. The summed E-state index contributed by atoms with van der Waals surface area (Å²) in [7, 11) is 0. The number of hydrogen-bond acceptors (Lipinski definition) is 3. The van der Waals surface area contributed by atoms with Gasteiger partial charge < -0.3 is 9.88 Å². The van der Waals surface area contributed by atoms with E-state index < -0.39 is 0 Å². The van der Waals surface area contributed by atoms with Crippen LogP contribution in [-0.4, -0.2) is 27.8 Å². The first-order valence-electron chi connectivity index (χ1n) is 8.64. The number of halogens is 1. The summed E-state index contributed by atoms with van der Waals surface area (Å²) in [6, 6.07) is 15.9. The van der Waals surface area contributed by atoms with Gasteiger partial charge >= 0.3 is 0 Å². The van der Waals surface area contributed by atoms with Gasteiger partial charge in [0.2, 0.25) is 5.91 Å². The summed E-state index contributed by atoms with van der Waals surface area (Å²) in [6.45, 7) is 3.54. The minimum atomic E-state index is 0.0798. The lowest BCUT2D eigenvalue weighted by molar-refractivity contribution is -0.118. The number of aromatic nitrogens is 2. The summed E-state index contributed by atoms with van der Waals surface area (Å²) < 4.78 is 2.21. The maximum atomic E-state index is 12.0. The van der Waals surface area contributed by atoms with E-state index in [-0.39, 0.29) is 5.91 Å². The Morgan fingerprint density at radius 3 is 2.77 bits per heavy atom. The number of para-hydroxylation sites is 2. The lowest BCUT2D eigenvalue weighted by atomic mass is 10.2. The predicted octanol–water partition coefficient (Wildman–Crippen LogP) is 4.44. The smallest absolute Gasteiger partial charge is 0.230 e. The largest absolute Gasteiger partial charge is 0.355 e. The minimum absolute atomic E-state index is 0.0798. The van der Waals surface area contributed by atoms with Gasteiger partial charge in [0.15, 0.2) is 0 Å². The number of carbonyl (C=O) groups is 1. The maximum Gasteiger partial charge on any atom is 0.230 e. The fourth-order valence-electron chi connectivity index (χ4n) is 2.84. The van der Waals surface area contributed by atoms with Crippen LogP contribution in [0.2, 0.25) is 5.02 Å². The Balaban J connectivity index is 1.37. The van der Waals surface area contributed by atoms with E-state index in [2.05, 4.69) is 20.9 Å². The zero-order chi connectivity index (χ0) is 18.4. The first-order chi connectivity index (χ1) is 12.6. The highest BCUT2D eigenvalue weighted by atomic mass is 35.5. The summed E-state index contributed by atoms with van der Waals surface area (Å²) >= 11 is 7.48. The molecule has 0 radical (unpaired) electrons. The minimum Gasteiger partial charge on any atom is -0.355 e. The third-order valence-electron chi connectivity index (χ3n) is 4.14. The monoisotopic (exact) mass is 387 g/mol. The third kappa shape index (κ3) is 5.02. The molecule has 0 aliphatic heterocycles. The molecule has 1 N–H and O–H groups in total. The Bertz CT molecular complexity index is 876. The molecule has 0 atom stereocenters. The van der Waals surface area contributed by atoms with Gasteiger partial charge in [-0.3, -0.25) is 4.79 Å². The van der Waals surface area contributed by atoms with Crippen molar-refractivity contribution >= 4 is 40.3 Å². The van der Waals surface area contributed by atoms with Crippen LogP contribution in [-0.2, 0) is 17.1 Å². The van der Waals surface area contributed by atoms with E-state index in [9.17, 15) is 4.79 Å². The van der Waals surface area contributed by atoms with Crippen LogP contribution in [0.5, 0.6) is 0 Å². The van der Waals surface area contributed by atoms with Gasteiger partial charge in [0.25, 0.3) is 0 Å². The molecule has 0 unspecified atom stereocenters. The number of aryl methyl sites for hydroxylation is 2. The van der Waals surface area contributed by atoms with E-state index in [0.29, 0.717) is 12.3 Å². The van der Waals surface area contributed by atoms with Gasteiger partial charge in [0.05, 0.1) is 16.8 Å². The molecule has 0 fully saturated rings. The van der Waals surface area contributed by atoms with Crippen LogP contribution in [0.15, 0.2) is 48.5 Å². The molecule has 0 spiro atoms. The highest BCUT2D eigenvalue weighted by Crippen LogP contribution is 2.16. The number of fused-ring (bicyclic) bond motifs is 1. The molecule has 0 saturated carbocycles. The fraction of sp³-hybridized carbons (Fsp3) is 0.300. The molecule has 0 aliphatic rings. The van der Waals surface area contributed by atoms with Crippen molar-refractivity contribution in [1.29, 1.82) is 0 Å². The van der Waals surface area contributed by atoms with E-state index >= 15 is 0 Å². The Labute approximate surface area is 163 Å². The van der Waals surface area contributed by atoms with Crippen LogP contribution in [0.1, 0.15) is 17.8 Å². The number of carbonyl (C=O) groups excluding carboxylic acids is 1. The molecular weight excluding hydrogens is 366 g/mol. The molecule has 6 heteroatoms. The van der Waals surface area contributed by atoms with E-state index in [1.807, 2.05) is 49.4 Å². The number of nitrogens with one attached hydrogen (secondary N) is 1. The van der Waals surface area contributed by atoms with Crippen LogP contribution >= 0.6 is 23.4 Å². The highest BCUT2D eigenvalue weighted by molar-refractivity contribution is 7.99. The number of imidazole rings is 1. The predicted molar refractivity (Wildman–Crippen MR) is 110 cm³/mol. The van der Waals surface area contributed by atoms with Crippen LogP contribution in [0.3, 0.4) is 0 Å². The first kappa shape index (κ1) is 18.8. The van der Waals surface area contributed by atoms with Crippen molar-refractivity contribution in [3.05, 3.63) is 64.9 Å². The van der Waals surface area contributed by atoms with Crippen LogP contribution in [0.4, 0.5) is 0 Å². The van der Waals surface area contributed by atoms with E-state index in [0.717, 1.165) is 40.6 Å². The lowest BCUT2D eigenvalue weighted by Crippen LogP contribution is -2.27. The van der Waals surface area contributed by atoms with Crippen molar-refractivity contribution in [2.75, 3.05) is 12.3 Å². The molecule has 136 valence electrons. The van der Waals surface area contributed by atoms with E-state index in [1.54, 1.807) is 11.8 Å². The van der Waals surface area contributed by atoms with Gasteiger partial charge in [-0.25, -0.2) is 4.98 Å². The summed E-state index contributed by atoms with van der Waals surface area (Å²) in [6.07, 6.45) is 0.884. The molecule has 3 aromatic rings. The maximum absolute atomic E-state index is 12.0. The molecule has 2 aromatic carbocycles. The van der Waals surface area contributed by atoms with Gasteiger partial charge in [-0.1, -0.05) is 35.9 Å². The molecular formula is C20H22ClN3OS. The molecule has 26 heavy (non-hydrogen) atoms. The van der Waals surface area contributed by atoms with Crippen molar-refractivity contribution in [2.24, 2.45) is 0 Å². The normalized spacial score (nSPS) is 11.0. The van der Waals surface area contributed by atoms with Crippen molar-refractivity contribution in [3.8, 4) is 0 Å². The second-order valence-corrected chi connectivity index (χ2v) is 7.54. The van der Waals surface area contributed by atoms with Gasteiger partial charge in [0, 0.05) is 23.9 Å². The average molecular weight is 388 g/mol. The van der Waals surface area contributed by atoms with E-state index in [1.165, 1.54) is 5.56 Å². The standard InChI is InChI=1S/C20H22ClN3OS/c1-15-23-18-5-2-3-6-19(18)24(15)12-4-11-22-20(25)14-26-13-16-7-9-17(21)10-8-16/h2-3,5-10H,4,11-14H2,1H3,(H,22,25). The molecule has 1 aromatic heterocycles. The topological polar surface area (TPSA) is 46.9 Å². The average Bonchev–Trinajstić information content (AvgIpc) is 2.96. The molecule has 1 heterocycles. The summed E-state index contributed by atoms with van der Waals surface area (Å²) in [5.41, 5.74) is 3.34. The Hall–Kier alpha value is -1.98. The third-order valence-corrected chi connectivity index (χ3v) is 5.40. The molecule has 0 saturated heterocycles. The van der Waals surface area contributed by atoms with Crippen LogP contribution in [0, 0.1) is 6.92 Å². The Kier molecular flexibility index (Phi) is 6.58. The molecule has 1 amide bonds. The number of amides is 1. The van der Waals surface area contributed by atoms with Crippen molar-refractivity contribution in [3.63, 3.8) is 0 Å². The van der Waals surface area contributed by atoms with Crippen molar-refractivity contribution in [1.82, 2.24) is 14.9 Å². The van der Waals surface area contributed by atoms with Crippen LogP contribution < -0.4 is 5.32 Å². The SMILES string of the molecule is Cc1nc2ccccc2n1CCCNC(=O)CSCc1ccc(Cl)cc1. The molecule has 0 bridgehead atoms. The molecule has 3 rings (SSSR count). The van der Waals surface area contributed by atoms with E-state index in [4.69, 9.17) is 11.6 Å². The fourth-order valence-corrected chi connectivity index (χ4v) is 3.78. The van der Waals surface area contributed by atoms with Gasteiger partial charge in [-0.05, 0) is 43.2 Å². The molecule has 0 aliphatic carbocycles. The van der Waals surface area contributed by atoms with Crippen molar-refractivity contribution in [2.45, 2.75) is 25.6 Å². The summed E-state index contributed by atoms with van der Waals surface area (Å²) in [5, 5.41) is 3.73. The summed E-state index contributed by atoms with van der Waals surface area (Å²) in [4.78, 5) is 16.5. The number of thioether (sulfide) groups is 1. The zero-order valence-corrected chi connectivity index (χ0v) is 16.3. The molecule has 4 nitrogen and oxygen atoms in total. The summed E-state index contributed by atoms with van der Waals surface area (Å²) in [5.74, 6) is 2.37. The number of benzene rings is 2. The quantitative estimate of drug-likeness (QED) is 0.581. The van der Waals surface area contributed by atoms with Crippen LogP contribution in [0.25, 0.3) is 11.0 Å². The number of hydrogen-bond donors (Lipinski definition) is 1. The first-order valence-corrected chi connectivity index (χ1v) is 10.2. The van der Waals surface area contributed by atoms with Crippen molar-refractivity contribution < 1.29 is 4.79 Å². The second kappa shape index (κ2) is 9.10. The van der Waals surface area contributed by atoms with Gasteiger partial charge in [-0.2, -0.15) is 0 Å². The number of nitrogens with zero attached hydrogens (tertiary/aromatic N) is 2. The zero-order valence-electron chi connectivity index (χ0n) is 14.7. The Morgan fingerprint density at radius 2 is 1.96 bits per heavy atom. The van der Waals surface area contributed by atoms with Gasteiger partial charge in [0.1, 0.15) is 5.82 Å². The Morgan fingerprint density at radius 1 is 1.19 bits per heavy atom. The second-order valence-electron chi connectivity index (χ2n) is 6.12.